The zero-order valence-corrected chi connectivity index (χ0v) is 18.6. The van der Waals surface area contributed by atoms with Gasteiger partial charge in [-0.15, -0.1) is 0 Å². The Balaban J connectivity index is 1.71. The maximum Gasteiger partial charge on any atom is 0.0537 e. The third-order valence-electron chi connectivity index (χ3n) is 6.17. The Morgan fingerprint density at radius 1 is 0.688 bits per heavy atom. The maximum atomic E-state index is 2.43. The second kappa shape index (κ2) is 8.72. The van der Waals surface area contributed by atoms with E-state index in [1.54, 1.807) is 0 Å². The van der Waals surface area contributed by atoms with E-state index < -0.39 is 0 Å². The Bertz CT molecular complexity index is 1410. The Morgan fingerprint density at radius 3 is 1.91 bits per heavy atom. The van der Waals surface area contributed by atoms with Crippen molar-refractivity contribution >= 4 is 27.5 Å². The third kappa shape index (κ3) is 3.56. The molecule has 0 aliphatic heterocycles. The van der Waals surface area contributed by atoms with Crippen molar-refractivity contribution in [1.82, 2.24) is 4.57 Å². The molecule has 5 aromatic rings. The van der Waals surface area contributed by atoms with E-state index in [0.29, 0.717) is 0 Å². The van der Waals surface area contributed by atoms with Gasteiger partial charge in [-0.25, -0.2) is 0 Å². The molecule has 0 amide bonds. The van der Waals surface area contributed by atoms with Crippen LogP contribution in [0.1, 0.15) is 18.1 Å². The van der Waals surface area contributed by atoms with E-state index in [2.05, 4.69) is 134 Å². The predicted molar refractivity (Wildman–Crippen MR) is 139 cm³/mol. The Labute approximate surface area is 190 Å². The molecule has 0 spiro atoms. The van der Waals surface area contributed by atoms with Crippen LogP contribution in [0.3, 0.4) is 0 Å². The van der Waals surface area contributed by atoms with Crippen molar-refractivity contribution in [3.63, 3.8) is 0 Å². The lowest BCUT2D eigenvalue weighted by Gasteiger charge is -2.16. The fourth-order valence-corrected chi connectivity index (χ4v) is 4.66. The van der Waals surface area contributed by atoms with Gasteiger partial charge in [0.15, 0.2) is 0 Å². The molecule has 0 radical (unpaired) electrons. The third-order valence-corrected chi connectivity index (χ3v) is 6.17. The molecule has 0 saturated heterocycles. The normalized spacial score (nSPS) is 12.2. The molecule has 1 heteroatoms. The SMILES string of the molecule is C/C=C\C=C(/Cc1ccccc1-c1ccccc1C)n1c2ccccc2c2ccccc21. The molecule has 1 aromatic heterocycles. The summed E-state index contributed by atoms with van der Waals surface area (Å²) in [6.45, 7) is 4.26. The lowest BCUT2D eigenvalue weighted by molar-refractivity contribution is 1.11. The second-order valence-corrected chi connectivity index (χ2v) is 8.20. The molecule has 0 bridgehead atoms. The Kier molecular flexibility index (Phi) is 5.47. The topological polar surface area (TPSA) is 4.93 Å². The van der Waals surface area contributed by atoms with Gasteiger partial charge in [-0.3, -0.25) is 0 Å². The standard InChI is InChI=1S/C31H27N/c1-3-4-15-25(22-24-14-6-8-17-27(24)26-16-7-5-13-23(26)2)32-30-20-11-9-18-28(30)29-19-10-12-21-31(29)32/h3-21H,22H2,1-2H3/b4-3-,25-15+. The van der Waals surface area contributed by atoms with E-state index in [9.17, 15) is 0 Å². The van der Waals surface area contributed by atoms with E-state index in [1.807, 2.05) is 0 Å². The summed E-state index contributed by atoms with van der Waals surface area (Å²) in [6.07, 6.45) is 7.35. The summed E-state index contributed by atoms with van der Waals surface area (Å²) in [4.78, 5) is 0. The van der Waals surface area contributed by atoms with Crippen LogP contribution in [0.2, 0.25) is 0 Å². The Hall–Kier alpha value is -3.84. The van der Waals surface area contributed by atoms with Crippen molar-refractivity contribution in [3.8, 4) is 11.1 Å². The zero-order chi connectivity index (χ0) is 21.9. The molecule has 156 valence electrons. The van der Waals surface area contributed by atoms with Gasteiger partial charge >= 0.3 is 0 Å². The average Bonchev–Trinajstić information content (AvgIpc) is 3.17. The quantitative estimate of drug-likeness (QED) is 0.255. The van der Waals surface area contributed by atoms with E-state index in [1.165, 1.54) is 49.8 Å². The van der Waals surface area contributed by atoms with Crippen LogP contribution in [0.25, 0.3) is 38.6 Å². The zero-order valence-electron chi connectivity index (χ0n) is 18.6. The number of aromatic nitrogens is 1. The van der Waals surface area contributed by atoms with Crippen molar-refractivity contribution in [1.29, 1.82) is 0 Å². The van der Waals surface area contributed by atoms with Crippen LogP contribution >= 0.6 is 0 Å². The van der Waals surface area contributed by atoms with Crippen LogP contribution in [0.5, 0.6) is 0 Å². The van der Waals surface area contributed by atoms with Gasteiger partial charge in [0.2, 0.25) is 0 Å². The number of benzene rings is 4. The van der Waals surface area contributed by atoms with Crippen molar-refractivity contribution < 1.29 is 0 Å². The molecular formula is C31H27N. The van der Waals surface area contributed by atoms with E-state index in [-0.39, 0.29) is 0 Å². The highest BCUT2D eigenvalue weighted by molar-refractivity contribution is 6.10. The summed E-state index contributed by atoms with van der Waals surface area (Å²) >= 11 is 0. The van der Waals surface area contributed by atoms with Gasteiger partial charge in [0.25, 0.3) is 0 Å². The van der Waals surface area contributed by atoms with Crippen molar-refractivity contribution in [3.05, 3.63) is 126 Å². The molecule has 0 atom stereocenters. The number of hydrogen-bond donors (Lipinski definition) is 0. The van der Waals surface area contributed by atoms with Crippen molar-refractivity contribution in [2.45, 2.75) is 20.3 Å². The molecule has 4 aromatic carbocycles. The lowest BCUT2D eigenvalue weighted by Crippen LogP contribution is -2.02. The summed E-state index contributed by atoms with van der Waals surface area (Å²) in [5, 5.41) is 2.59. The molecular weight excluding hydrogens is 386 g/mol. The van der Waals surface area contributed by atoms with Crippen LogP contribution in [0, 0.1) is 6.92 Å². The minimum absolute atomic E-state index is 0.845. The van der Waals surface area contributed by atoms with Crippen LogP contribution in [-0.4, -0.2) is 4.57 Å². The number of hydrogen-bond acceptors (Lipinski definition) is 0. The van der Waals surface area contributed by atoms with Gasteiger partial charge in [0.1, 0.15) is 0 Å². The van der Waals surface area contributed by atoms with E-state index in [4.69, 9.17) is 0 Å². The summed E-state index contributed by atoms with van der Waals surface area (Å²) < 4.78 is 2.43. The largest absolute Gasteiger partial charge is 0.313 e. The molecule has 0 N–H and O–H groups in total. The first kappa shape index (κ1) is 20.1. The van der Waals surface area contributed by atoms with E-state index in [0.717, 1.165) is 6.42 Å². The highest BCUT2D eigenvalue weighted by Crippen LogP contribution is 2.34. The van der Waals surface area contributed by atoms with Gasteiger partial charge in [-0.05, 0) is 54.3 Å². The first-order valence-corrected chi connectivity index (χ1v) is 11.2. The number of allylic oxidation sites excluding steroid dienone is 4. The van der Waals surface area contributed by atoms with Crippen LogP contribution < -0.4 is 0 Å². The molecule has 5 rings (SSSR count). The molecule has 1 nitrogen and oxygen atoms in total. The fraction of sp³-hybridized carbons (Fsp3) is 0.0968. The van der Waals surface area contributed by atoms with Gasteiger partial charge in [0, 0.05) is 22.9 Å². The maximum absolute atomic E-state index is 2.43. The first-order chi connectivity index (χ1) is 15.8. The number of aryl methyl sites for hydroxylation is 1. The molecule has 0 fully saturated rings. The highest BCUT2D eigenvalue weighted by Gasteiger charge is 2.15. The molecule has 1 heterocycles. The summed E-state index contributed by atoms with van der Waals surface area (Å²) in [5.41, 5.74) is 9.00. The van der Waals surface area contributed by atoms with Crippen LogP contribution in [0.15, 0.2) is 115 Å². The molecule has 32 heavy (non-hydrogen) atoms. The fourth-order valence-electron chi connectivity index (χ4n) is 4.66. The predicted octanol–water partition coefficient (Wildman–Crippen LogP) is 8.43. The highest BCUT2D eigenvalue weighted by atomic mass is 15.0. The van der Waals surface area contributed by atoms with Gasteiger partial charge in [-0.2, -0.15) is 0 Å². The summed E-state index contributed by atoms with van der Waals surface area (Å²) in [6, 6.07) is 34.9. The molecule has 0 saturated carbocycles. The minimum atomic E-state index is 0.845. The minimum Gasteiger partial charge on any atom is -0.313 e. The first-order valence-electron chi connectivity index (χ1n) is 11.2. The van der Waals surface area contributed by atoms with Gasteiger partial charge < -0.3 is 4.57 Å². The number of para-hydroxylation sites is 2. The van der Waals surface area contributed by atoms with Gasteiger partial charge in [-0.1, -0.05) is 97.1 Å². The van der Waals surface area contributed by atoms with Crippen LogP contribution in [0.4, 0.5) is 0 Å². The average molecular weight is 414 g/mol. The number of fused-ring (bicyclic) bond motifs is 3. The molecule has 0 aliphatic rings. The smallest absolute Gasteiger partial charge is 0.0537 e. The number of rotatable bonds is 5. The Morgan fingerprint density at radius 2 is 1.25 bits per heavy atom. The monoisotopic (exact) mass is 413 g/mol. The van der Waals surface area contributed by atoms with Crippen molar-refractivity contribution in [2.75, 3.05) is 0 Å². The summed E-state index contributed by atoms with van der Waals surface area (Å²) in [5.74, 6) is 0. The summed E-state index contributed by atoms with van der Waals surface area (Å²) in [7, 11) is 0. The molecule has 0 aliphatic carbocycles. The lowest BCUT2D eigenvalue weighted by atomic mass is 9.93. The van der Waals surface area contributed by atoms with Crippen LogP contribution in [-0.2, 0) is 6.42 Å². The van der Waals surface area contributed by atoms with Crippen molar-refractivity contribution in [2.24, 2.45) is 0 Å². The molecule has 0 unspecified atom stereocenters. The second-order valence-electron chi connectivity index (χ2n) is 8.20. The van der Waals surface area contributed by atoms with E-state index >= 15 is 0 Å². The van der Waals surface area contributed by atoms with Gasteiger partial charge in [0.05, 0.1) is 11.0 Å². The number of nitrogens with zero attached hydrogens (tertiary/aromatic N) is 1.